The van der Waals surface area contributed by atoms with Crippen LogP contribution in [0.5, 0.6) is 11.6 Å². The van der Waals surface area contributed by atoms with Crippen LogP contribution in [-0.4, -0.2) is 9.97 Å². The van der Waals surface area contributed by atoms with Gasteiger partial charge in [0.2, 0.25) is 5.88 Å². The summed E-state index contributed by atoms with van der Waals surface area (Å²) in [5, 5.41) is 3.24. The Hall–Kier alpha value is -2.88. The number of hydrogen-bond donors (Lipinski definition) is 1. The van der Waals surface area contributed by atoms with E-state index in [0.29, 0.717) is 11.8 Å². The predicted octanol–water partition coefficient (Wildman–Crippen LogP) is 5.14. The standard InChI is InChI=1S/C19H19N3O/c1-14(2)17-6-5-13-21-19(17)23-16-10-8-15(9-11-16)22-18-7-3-4-12-20-18/h3-14H,1-2H3,(H,20,22). The molecule has 2 heterocycles. The monoisotopic (exact) mass is 305 g/mol. The maximum absolute atomic E-state index is 5.92. The van der Waals surface area contributed by atoms with Crippen LogP contribution in [0.3, 0.4) is 0 Å². The molecule has 0 aliphatic carbocycles. The van der Waals surface area contributed by atoms with Gasteiger partial charge in [0.05, 0.1) is 0 Å². The first-order valence-corrected chi connectivity index (χ1v) is 7.63. The molecule has 2 aromatic heterocycles. The number of anilines is 2. The molecule has 0 saturated heterocycles. The van der Waals surface area contributed by atoms with Gasteiger partial charge in [0.15, 0.2) is 0 Å². The second-order valence-corrected chi connectivity index (χ2v) is 5.52. The molecule has 0 fully saturated rings. The van der Waals surface area contributed by atoms with E-state index in [1.165, 1.54) is 0 Å². The largest absolute Gasteiger partial charge is 0.439 e. The van der Waals surface area contributed by atoms with E-state index < -0.39 is 0 Å². The van der Waals surface area contributed by atoms with Gasteiger partial charge in [-0.05, 0) is 48.4 Å². The Bertz CT molecular complexity index is 755. The van der Waals surface area contributed by atoms with Gasteiger partial charge in [0.25, 0.3) is 0 Å². The summed E-state index contributed by atoms with van der Waals surface area (Å²) in [5.74, 6) is 2.60. The Morgan fingerprint density at radius 3 is 2.35 bits per heavy atom. The van der Waals surface area contributed by atoms with Crippen LogP contribution in [0, 0.1) is 0 Å². The minimum Gasteiger partial charge on any atom is -0.439 e. The highest BCUT2D eigenvalue weighted by Crippen LogP contribution is 2.29. The zero-order valence-electron chi connectivity index (χ0n) is 13.2. The number of nitrogens with zero attached hydrogens (tertiary/aromatic N) is 2. The molecule has 0 bridgehead atoms. The van der Waals surface area contributed by atoms with Crippen LogP contribution >= 0.6 is 0 Å². The summed E-state index contributed by atoms with van der Waals surface area (Å²) in [6, 6.07) is 17.5. The third-order valence-corrected chi connectivity index (χ3v) is 3.43. The molecule has 0 saturated carbocycles. The van der Waals surface area contributed by atoms with Crippen molar-refractivity contribution in [3.63, 3.8) is 0 Å². The van der Waals surface area contributed by atoms with Crippen molar-refractivity contribution >= 4 is 11.5 Å². The van der Waals surface area contributed by atoms with E-state index in [1.54, 1.807) is 12.4 Å². The molecular weight excluding hydrogens is 286 g/mol. The lowest BCUT2D eigenvalue weighted by molar-refractivity contribution is 0.453. The number of ether oxygens (including phenoxy) is 1. The molecule has 3 rings (SSSR count). The van der Waals surface area contributed by atoms with E-state index in [9.17, 15) is 0 Å². The maximum atomic E-state index is 5.92. The second-order valence-electron chi connectivity index (χ2n) is 5.52. The maximum Gasteiger partial charge on any atom is 0.222 e. The van der Waals surface area contributed by atoms with Gasteiger partial charge in [-0.3, -0.25) is 0 Å². The summed E-state index contributed by atoms with van der Waals surface area (Å²) in [4.78, 5) is 8.58. The van der Waals surface area contributed by atoms with Crippen LogP contribution < -0.4 is 10.1 Å². The molecular formula is C19H19N3O. The minimum absolute atomic E-state index is 0.365. The van der Waals surface area contributed by atoms with E-state index in [1.807, 2.05) is 54.6 Å². The van der Waals surface area contributed by atoms with Crippen molar-refractivity contribution in [3.8, 4) is 11.6 Å². The van der Waals surface area contributed by atoms with E-state index in [0.717, 1.165) is 22.8 Å². The molecule has 0 radical (unpaired) electrons. The highest BCUT2D eigenvalue weighted by Gasteiger charge is 2.09. The summed E-state index contributed by atoms with van der Waals surface area (Å²) >= 11 is 0. The van der Waals surface area contributed by atoms with Crippen molar-refractivity contribution in [3.05, 3.63) is 72.6 Å². The Kier molecular flexibility index (Phi) is 4.52. The number of pyridine rings is 2. The fourth-order valence-electron chi connectivity index (χ4n) is 2.23. The number of nitrogens with one attached hydrogen (secondary N) is 1. The fraction of sp³-hybridized carbons (Fsp3) is 0.158. The van der Waals surface area contributed by atoms with Crippen molar-refractivity contribution in [2.75, 3.05) is 5.32 Å². The molecule has 0 unspecified atom stereocenters. The van der Waals surface area contributed by atoms with Crippen molar-refractivity contribution in [1.82, 2.24) is 9.97 Å². The molecule has 4 heteroatoms. The molecule has 0 amide bonds. The highest BCUT2D eigenvalue weighted by molar-refractivity contribution is 5.57. The highest BCUT2D eigenvalue weighted by atomic mass is 16.5. The Balaban J connectivity index is 1.73. The third-order valence-electron chi connectivity index (χ3n) is 3.43. The van der Waals surface area contributed by atoms with Crippen LogP contribution in [-0.2, 0) is 0 Å². The van der Waals surface area contributed by atoms with Gasteiger partial charge < -0.3 is 10.1 Å². The fourth-order valence-corrected chi connectivity index (χ4v) is 2.23. The second kappa shape index (κ2) is 6.92. The Morgan fingerprint density at radius 1 is 0.870 bits per heavy atom. The lowest BCUT2D eigenvalue weighted by atomic mass is 10.1. The average Bonchev–Trinajstić information content (AvgIpc) is 2.58. The molecule has 23 heavy (non-hydrogen) atoms. The topological polar surface area (TPSA) is 47.0 Å². The van der Waals surface area contributed by atoms with E-state index >= 15 is 0 Å². The molecule has 1 aromatic carbocycles. The SMILES string of the molecule is CC(C)c1cccnc1Oc1ccc(Nc2ccccn2)cc1. The summed E-state index contributed by atoms with van der Waals surface area (Å²) in [5.41, 5.74) is 2.06. The van der Waals surface area contributed by atoms with Gasteiger partial charge in [0.1, 0.15) is 11.6 Å². The van der Waals surface area contributed by atoms with Crippen molar-refractivity contribution in [2.24, 2.45) is 0 Å². The first-order valence-electron chi connectivity index (χ1n) is 7.63. The lowest BCUT2D eigenvalue weighted by Gasteiger charge is -2.12. The Morgan fingerprint density at radius 2 is 1.65 bits per heavy atom. The zero-order chi connectivity index (χ0) is 16.1. The first-order chi connectivity index (χ1) is 11.2. The van der Waals surface area contributed by atoms with Gasteiger partial charge in [-0.2, -0.15) is 0 Å². The first kappa shape index (κ1) is 15.0. The number of benzene rings is 1. The molecule has 0 aliphatic heterocycles. The molecule has 0 spiro atoms. The van der Waals surface area contributed by atoms with Crippen molar-refractivity contribution < 1.29 is 4.74 Å². The molecule has 0 aliphatic rings. The summed E-state index contributed by atoms with van der Waals surface area (Å²) < 4.78 is 5.92. The number of rotatable bonds is 5. The third kappa shape index (κ3) is 3.86. The van der Waals surface area contributed by atoms with E-state index in [2.05, 4.69) is 29.1 Å². The average molecular weight is 305 g/mol. The summed E-state index contributed by atoms with van der Waals surface area (Å²) in [6.07, 6.45) is 3.51. The van der Waals surface area contributed by atoms with Crippen LogP contribution in [0.1, 0.15) is 25.3 Å². The number of hydrogen-bond acceptors (Lipinski definition) is 4. The van der Waals surface area contributed by atoms with Crippen LogP contribution in [0.2, 0.25) is 0 Å². The van der Waals surface area contributed by atoms with E-state index in [-0.39, 0.29) is 0 Å². The lowest BCUT2D eigenvalue weighted by Crippen LogP contribution is -1.96. The van der Waals surface area contributed by atoms with Crippen LogP contribution in [0.4, 0.5) is 11.5 Å². The molecule has 116 valence electrons. The normalized spacial score (nSPS) is 10.6. The van der Waals surface area contributed by atoms with Gasteiger partial charge in [-0.15, -0.1) is 0 Å². The summed E-state index contributed by atoms with van der Waals surface area (Å²) in [6.45, 7) is 4.26. The predicted molar refractivity (Wildman–Crippen MR) is 92.4 cm³/mol. The smallest absolute Gasteiger partial charge is 0.222 e. The van der Waals surface area contributed by atoms with Gasteiger partial charge in [-0.1, -0.05) is 26.0 Å². The van der Waals surface area contributed by atoms with Gasteiger partial charge >= 0.3 is 0 Å². The molecule has 1 N–H and O–H groups in total. The number of aromatic nitrogens is 2. The molecule has 3 aromatic rings. The van der Waals surface area contributed by atoms with Gasteiger partial charge in [0, 0.05) is 23.6 Å². The molecule has 0 atom stereocenters. The minimum atomic E-state index is 0.365. The van der Waals surface area contributed by atoms with Gasteiger partial charge in [-0.25, -0.2) is 9.97 Å². The quantitative estimate of drug-likeness (QED) is 0.709. The Labute approximate surface area is 136 Å². The zero-order valence-corrected chi connectivity index (χ0v) is 13.2. The van der Waals surface area contributed by atoms with Crippen LogP contribution in [0.15, 0.2) is 67.0 Å². The summed E-state index contributed by atoms with van der Waals surface area (Å²) in [7, 11) is 0. The van der Waals surface area contributed by atoms with Crippen molar-refractivity contribution in [1.29, 1.82) is 0 Å². The van der Waals surface area contributed by atoms with Crippen molar-refractivity contribution in [2.45, 2.75) is 19.8 Å². The van der Waals surface area contributed by atoms with Crippen LogP contribution in [0.25, 0.3) is 0 Å². The molecule has 4 nitrogen and oxygen atoms in total. The van der Waals surface area contributed by atoms with E-state index in [4.69, 9.17) is 4.74 Å².